The van der Waals surface area contributed by atoms with Gasteiger partial charge in [0.1, 0.15) is 0 Å². The fourth-order valence-corrected chi connectivity index (χ4v) is 1.71. The number of aryl methyl sites for hydroxylation is 1. The van der Waals surface area contributed by atoms with Gasteiger partial charge in [0.05, 0.1) is 0 Å². The first-order valence-electron chi connectivity index (χ1n) is 5.71. The number of hydrogen-bond donors (Lipinski definition) is 1. The number of nitrogens with zero attached hydrogens (tertiary/aromatic N) is 4. The van der Waals surface area contributed by atoms with Gasteiger partial charge in [0, 0.05) is 23.6 Å². The van der Waals surface area contributed by atoms with Crippen LogP contribution in [-0.4, -0.2) is 20.1 Å². The first-order chi connectivity index (χ1) is 9.24. The van der Waals surface area contributed by atoms with Crippen LogP contribution in [0.3, 0.4) is 0 Å². The first kappa shape index (κ1) is 11.3. The van der Waals surface area contributed by atoms with Crippen LogP contribution in [0.1, 0.15) is 5.56 Å². The zero-order valence-corrected chi connectivity index (χ0v) is 10.2. The van der Waals surface area contributed by atoms with Crippen LogP contribution in [0.25, 0.3) is 23.1 Å². The highest BCUT2D eigenvalue weighted by atomic mass is 16.5. The molecule has 94 valence electrons. The van der Waals surface area contributed by atoms with E-state index < -0.39 is 0 Å². The molecule has 3 aromatic rings. The molecule has 0 unspecified atom stereocenters. The lowest BCUT2D eigenvalue weighted by Crippen LogP contribution is -1.90. The molecule has 3 rings (SSSR count). The molecule has 6 nitrogen and oxygen atoms in total. The molecule has 6 heteroatoms. The van der Waals surface area contributed by atoms with Crippen molar-refractivity contribution in [3.8, 4) is 23.1 Å². The molecule has 2 aromatic heterocycles. The lowest BCUT2D eigenvalue weighted by Gasteiger charge is -2.01. The number of rotatable bonds is 2. The Hall–Kier alpha value is -2.76. The molecule has 0 aliphatic carbocycles. The van der Waals surface area contributed by atoms with Crippen LogP contribution in [0.4, 0.5) is 5.69 Å². The Morgan fingerprint density at radius 2 is 1.89 bits per heavy atom. The summed E-state index contributed by atoms with van der Waals surface area (Å²) in [5.74, 6) is 1.20. The van der Waals surface area contributed by atoms with Crippen molar-refractivity contribution < 1.29 is 4.52 Å². The lowest BCUT2D eigenvalue weighted by molar-refractivity contribution is 0.431. The van der Waals surface area contributed by atoms with E-state index in [2.05, 4.69) is 20.1 Å². The third kappa shape index (κ3) is 2.15. The number of benzene rings is 1. The van der Waals surface area contributed by atoms with Gasteiger partial charge in [-0.2, -0.15) is 4.98 Å². The average Bonchev–Trinajstić information content (AvgIpc) is 2.92. The van der Waals surface area contributed by atoms with Crippen LogP contribution >= 0.6 is 0 Å². The standard InChI is InChI=1S/C13H11N5O/c1-8-3-4-9(14)7-10(8)13-17-12(18-19-13)11-15-5-2-6-16-11/h2-7H,14H2,1H3. The van der Waals surface area contributed by atoms with E-state index >= 15 is 0 Å². The quantitative estimate of drug-likeness (QED) is 0.703. The molecule has 0 saturated heterocycles. The molecule has 0 bridgehead atoms. The van der Waals surface area contributed by atoms with E-state index in [1.807, 2.05) is 19.1 Å². The molecular formula is C13H11N5O. The van der Waals surface area contributed by atoms with Gasteiger partial charge in [-0.1, -0.05) is 11.2 Å². The van der Waals surface area contributed by atoms with Crippen LogP contribution in [-0.2, 0) is 0 Å². The van der Waals surface area contributed by atoms with Crippen molar-refractivity contribution >= 4 is 5.69 Å². The topological polar surface area (TPSA) is 90.7 Å². The minimum atomic E-state index is 0.359. The van der Waals surface area contributed by atoms with Gasteiger partial charge in [-0.15, -0.1) is 0 Å². The molecule has 0 amide bonds. The van der Waals surface area contributed by atoms with E-state index in [0.29, 0.717) is 23.2 Å². The third-order valence-corrected chi connectivity index (χ3v) is 2.68. The molecule has 0 radical (unpaired) electrons. The second-order valence-electron chi connectivity index (χ2n) is 4.07. The van der Waals surface area contributed by atoms with Gasteiger partial charge in [-0.3, -0.25) is 0 Å². The number of nitrogens with two attached hydrogens (primary N) is 1. The molecule has 0 aliphatic heterocycles. The van der Waals surface area contributed by atoms with Crippen LogP contribution in [0.15, 0.2) is 41.2 Å². The summed E-state index contributed by atoms with van der Waals surface area (Å²) in [6.07, 6.45) is 3.26. The van der Waals surface area contributed by atoms with E-state index in [4.69, 9.17) is 10.3 Å². The Bertz CT molecular complexity index is 708. The van der Waals surface area contributed by atoms with E-state index in [1.54, 1.807) is 24.5 Å². The van der Waals surface area contributed by atoms with Crippen molar-refractivity contribution in [2.45, 2.75) is 6.92 Å². The number of hydrogen-bond acceptors (Lipinski definition) is 6. The van der Waals surface area contributed by atoms with Crippen molar-refractivity contribution in [2.24, 2.45) is 0 Å². The zero-order valence-electron chi connectivity index (χ0n) is 10.2. The van der Waals surface area contributed by atoms with Gasteiger partial charge in [-0.05, 0) is 30.7 Å². The van der Waals surface area contributed by atoms with Crippen LogP contribution in [0, 0.1) is 6.92 Å². The third-order valence-electron chi connectivity index (χ3n) is 2.68. The molecule has 0 saturated carbocycles. The summed E-state index contributed by atoms with van der Waals surface area (Å²) in [7, 11) is 0. The fourth-order valence-electron chi connectivity index (χ4n) is 1.71. The first-order valence-corrected chi connectivity index (χ1v) is 5.71. The van der Waals surface area contributed by atoms with Crippen molar-refractivity contribution in [2.75, 3.05) is 5.73 Å². The van der Waals surface area contributed by atoms with Gasteiger partial charge >= 0.3 is 0 Å². The maximum atomic E-state index is 5.77. The normalized spacial score (nSPS) is 10.6. The Balaban J connectivity index is 2.04. The Morgan fingerprint density at radius 1 is 1.11 bits per heavy atom. The predicted molar refractivity (Wildman–Crippen MR) is 69.9 cm³/mol. The summed E-state index contributed by atoms with van der Waals surface area (Å²) < 4.78 is 5.24. The van der Waals surface area contributed by atoms with Crippen molar-refractivity contribution in [1.82, 2.24) is 20.1 Å². The Morgan fingerprint density at radius 3 is 2.68 bits per heavy atom. The number of aromatic nitrogens is 4. The summed E-state index contributed by atoms with van der Waals surface area (Å²) >= 11 is 0. The minimum Gasteiger partial charge on any atom is -0.399 e. The van der Waals surface area contributed by atoms with E-state index in [1.165, 1.54) is 0 Å². The molecule has 1 aromatic carbocycles. The Labute approximate surface area is 109 Å². The van der Waals surface area contributed by atoms with E-state index in [0.717, 1.165) is 11.1 Å². The number of anilines is 1. The maximum absolute atomic E-state index is 5.77. The molecule has 19 heavy (non-hydrogen) atoms. The average molecular weight is 253 g/mol. The molecule has 2 heterocycles. The summed E-state index contributed by atoms with van der Waals surface area (Å²) in [5.41, 5.74) is 8.24. The SMILES string of the molecule is Cc1ccc(N)cc1-c1nc(-c2ncccn2)no1. The second-order valence-corrected chi connectivity index (χ2v) is 4.07. The lowest BCUT2D eigenvalue weighted by atomic mass is 10.1. The molecular weight excluding hydrogens is 242 g/mol. The highest BCUT2D eigenvalue weighted by molar-refractivity contribution is 5.65. The molecule has 0 atom stereocenters. The van der Waals surface area contributed by atoms with Crippen molar-refractivity contribution in [1.29, 1.82) is 0 Å². The molecule has 0 aliphatic rings. The highest BCUT2D eigenvalue weighted by Gasteiger charge is 2.14. The van der Waals surface area contributed by atoms with E-state index in [9.17, 15) is 0 Å². The van der Waals surface area contributed by atoms with Crippen LogP contribution < -0.4 is 5.73 Å². The van der Waals surface area contributed by atoms with Crippen molar-refractivity contribution in [3.63, 3.8) is 0 Å². The molecule has 0 spiro atoms. The van der Waals surface area contributed by atoms with Crippen LogP contribution in [0.5, 0.6) is 0 Å². The van der Waals surface area contributed by atoms with Gasteiger partial charge in [0.25, 0.3) is 5.89 Å². The minimum absolute atomic E-state index is 0.359. The fraction of sp³-hybridized carbons (Fsp3) is 0.0769. The van der Waals surface area contributed by atoms with Gasteiger partial charge in [0.2, 0.25) is 11.6 Å². The van der Waals surface area contributed by atoms with Gasteiger partial charge < -0.3 is 10.3 Å². The maximum Gasteiger partial charge on any atom is 0.258 e. The van der Waals surface area contributed by atoms with E-state index in [-0.39, 0.29) is 0 Å². The summed E-state index contributed by atoms with van der Waals surface area (Å²) in [4.78, 5) is 12.4. The van der Waals surface area contributed by atoms with Gasteiger partial charge in [0.15, 0.2) is 0 Å². The van der Waals surface area contributed by atoms with Crippen molar-refractivity contribution in [3.05, 3.63) is 42.2 Å². The Kier molecular flexibility index (Phi) is 2.68. The molecule has 0 fully saturated rings. The number of nitrogen functional groups attached to an aromatic ring is 1. The van der Waals surface area contributed by atoms with Crippen LogP contribution in [0.2, 0.25) is 0 Å². The smallest absolute Gasteiger partial charge is 0.258 e. The summed E-state index contributed by atoms with van der Waals surface area (Å²) in [6.45, 7) is 1.96. The monoisotopic (exact) mass is 253 g/mol. The summed E-state index contributed by atoms with van der Waals surface area (Å²) in [6, 6.07) is 7.27. The van der Waals surface area contributed by atoms with Gasteiger partial charge in [-0.25, -0.2) is 9.97 Å². The largest absolute Gasteiger partial charge is 0.399 e. The predicted octanol–water partition coefficient (Wildman–Crippen LogP) is 2.08. The summed E-state index contributed by atoms with van der Waals surface area (Å²) in [5, 5.41) is 3.88. The molecule has 2 N–H and O–H groups in total. The zero-order chi connectivity index (χ0) is 13.2. The highest BCUT2D eigenvalue weighted by Crippen LogP contribution is 2.25. The second kappa shape index (κ2) is 4.49.